The van der Waals surface area contributed by atoms with Gasteiger partial charge in [-0.25, -0.2) is 9.18 Å². The molecule has 5 heteroatoms. The molecule has 0 aliphatic heterocycles. The fourth-order valence-electron chi connectivity index (χ4n) is 0.747. The van der Waals surface area contributed by atoms with Gasteiger partial charge in [0.1, 0.15) is 5.82 Å². The molecule has 0 fully saturated rings. The number of halogens is 2. The van der Waals surface area contributed by atoms with Crippen LogP contribution < -0.4 is 5.73 Å². The summed E-state index contributed by atoms with van der Waals surface area (Å²) in [6.45, 7) is 0. The Balaban J connectivity index is 3.33. The van der Waals surface area contributed by atoms with Crippen molar-refractivity contribution in [2.45, 2.75) is 0 Å². The lowest BCUT2D eigenvalue weighted by atomic mass is 10.2. The topological polar surface area (TPSA) is 63.3 Å². The molecule has 3 nitrogen and oxygen atoms in total. The van der Waals surface area contributed by atoms with Gasteiger partial charge in [0.05, 0.1) is 9.13 Å². The summed E-state index contributed by atoms with van der Waals surface area (Å²) in [5, 5.41) is 8.53. The second-order valence-electron chi connectivity index (χ2n) is 2.16. The van der Waals surface area contributed by atoms with Crippen LogP contribution in [0.4, 0.5) is 10.1 Å². The second kappa shape index (κ2) is 3.26. The number of benzene rings is 1. The van der Waals surface area contributed by atoms with E-state index in [0.29, 0.717) is 3.57 Å². The van der Waals surface area contributed by atoms with Gasteiger partial charge in [-0.1, -0.05) is 0 Å². The lowest BCUT2D eigenvalue weighted by Crippen LogP contribution is -2.03. The molecule has 3 N–H and O–H groups in total. The minimum Gasteiger partial charge on any atom is -0.478 e. The summed E-state index contributed by atoms with van der Waals surface area (Å²) in [6.07, 6.45) is 0. The Morgan fingerprint density at radius 3 is 2.67 bits per heavy atom. The maximum absolute atomic E-state index is 12.8. The number of nitrogens with two attached hydrogens (primary N) is 1. The van der Waals surface area contributed by atoms with Crippen molar-refractivity contribution in [1.29, 1.82) is 0 Å². The molecule has 0 aromatic heterocycles. The molecule has 12 heavy (non-hydrogen) atoms. The normalized spacial score (nSPS) is 9.83. The summed E-state index contributed by atoms with van der Waals surface area (Å²) >= 11 is 1.74. The third-order valence-corrected chi connectivity index (χ3v) is 2.15. The van der Waals surface area contributed by atoms with Gasteiger partial charge < -0.3 is 10.8 Å². The lowest BCUT2D eigenvalue weighted by molar-refractivity contribution is 0.0697. The molecule has 0 radical (unpaired) electrons. The molecule has 0 aliphatic rings. The van der Waals surface area contributed by atoms with Gasteiger partial charge in [-0.15, -0.1) is 0 Å². The van der Waals surface area contributed by atoms with E-state index in [1.165, 1.54) is 6.07 Å². The Hall–Kier alpha value is -0.850. The third kappa shape index (κ3) is 1.66. The molecular formula is C7H5FINO2. The quantitative estimate of drug-likeness (QED) is 0.608. The minimum atomic E-state index is -1.22. The molecule has 1 aromatic carbocycles. The first-order chi connectivity index (χ1) is 5.52. The fraction of sp³-hybridized carbons (Fsp3) is 0. The van der Waals surface area contributed by atoms with Gasteiger partial charge in [-0.2, -0.15) is 0 Å². The zero-order valence-corrected chi connectivity index (χ0v) is 8.00. The second-order valence-corrected chi connectivity index (χ2v) is 3.32. The summed E-state index contributed by atoms with van der Waals surface area (Å²) < 4.78 is 13.1. The summed E-state index contributed by atoms with van der Waals surface area (Å²) in [5.41, 5.74) is 5.22. The first kappa shape index (κ1) is 9.24. The van der Waals surface area contributed by atoms with E-state index in [1.54, 1.807) is 22.6 Å². The van der Waals surface area contributed by atoms with Crippen molar-refractivity contribution in [2.24, 2.45) is 0 Å². The van der Waals surface area contributed by atoms with Crippen LogP contribution in [0.2, 0.25) is 0 Å². The van der Waals surface area contributed by atoms with Crippen LogP contribution in [0.25, 0.3) is 0 Å². The zero-order valence-electron chi connectivity index (χ0n) is 5.84. The van der Waals surface area contributed by atoms with Crippen molar-refractivity contribution >= 4 is 34.2 Å². The van der Waals surface area contributed by atoms with Crippen LogP contribution in [-0.2, 0) is 0 Å². The van der Waals surface area contributed by atoms with Gasteiger partial charge in [0.25, 0.3) is 0 Å². The molecule has 0 bridgehead atoms. The highest BCUT2D eigenvalue weighted by Gasteiger charge is 2.11. The van der Waals surface area contributed by atoms with Gasteiger partial charge in [0.2, 0.25) is 0 Å². The Kier molecular flexibility index (Phi) is 2.51. The molecule has 0 heterocycles. The number of rotatable bonds is 1. The highest BCUT2D eigenvalue weighted by atomic mass is 127. The average molecular weight is 281 g/mol. The lowest BCUT2D eigenvalue weighted by Gasteiger charge is -2.01. The summed E-state index contributed by atoms with van der Waals surface area (Å²) in [7, 11) is 0. The molecule has 1 aromatic rings. The standard InChI is InChI=1S/C7H5FINO2/c8-4-1-3(7(11)12)6(10)2-5(4)9/h1-2H,10H2,(H,11,12). The monoisotopic (exact) mass is 281 g/mol. The van der Waals surface area contributed by atoms with E-state index in [0.717, 1.165) is 6.07 Å². The Morgan fingerprint density at radius 1 is 1.58 bits per heavy atom. The number of carbonyl (C=O) groups is 1. The van der Waals surface area contributed by atoms with Crippen molar-refractivity contribution in [1.82, 2.24) is 0 Å². The maximum atomic E-state index is 12.8. The van der Waals surface area contributed by atoms with Crippen molar-refractivity contribution in [3.05, 3.63) is 27.1 Å². The van der Waals surface area contributed by atoms with Gasteiger partial charge >= 0.3 is 5.97 Å². The molecule has 0 spiro atoms. The highest BCUT2D eigenvalue weighted by molar-refractivity contribution is 14.1. The largest absolute Gasteiger partial charge is 0.478 e. The molecule has 0 atom stereocenters. The van der Waals surface area contributed by atoms with Crippen molar-refractivity contribution in [2.75, 3.05) is 5.73 Å². The minimum absolute atomic E-state index is 0.0771. The zero-order chi connectivity index (χ0) is 9.30. The number of anilines is 1. The van der Waals surface area contributed by atoms with Gasteiger partial charge in [0, 0.05) is 5.69 Å². The Bertz CT molecular complexity index is 340. The van der Waals surface area contributed by atoms with Crippen molar-refractivity contribution in [3.8, 4) is 0 Å². The molecule has 64 valence electrons. The smallest absolute Gasteiger partial charge is 0.337 e. The van der Waals surface area contributed by atoms with E-state index in [-0.39, 0.29) is 11.3 Å². The molecule has 0 saturated carbocycles. The summed E-state index contributed by atoms with van der Waals surface area (Å²) in [5.74, 6) is -1.79. The van der Waals surface area contributed by atoms with E-state index >= 15 is 0 Å². The number of carboxylic acid groups (broad SMARTS) is 1. The van der Waals surface area contributed by atoms with Crippen LogP contribution >= 0.6 is 22.6 Å². The molecule has 0 unspecified atom stereocenters. The number of carboxylic acids is 1. The number of nitrogen functional groups attached to an aromatic ring is 1. The van der Waals surface area contributed by atoms with Gasteiger partial charge in [-0.05, 0) is 34.7 Å². The summed E-state index contributed by atoms with van der Waals surface area (Å²) in [4.78, 5) is 10.4. The Morgan fingerprint density at radius 2 is 2.17 bits per heavy atom. The van der Waals surface area contributed by atoms with Crippen LogP contribution in [0.5, 0.6) is 0 Å². The fourth-order valence-corrected chi connectivity index (χ4v) is 1.24. The van der Waals surface area contributed by atoms with Gasteiger partial charge in [0.15, 0.2) is 0 Å². The highest BCUT2D eigenvalue weighted by Crippen LogP contribution is 2.19. The average Bonchev–Trinajstić information content (AvgIpc) is 1.96. The van der Waals surface area contributed by atoms with E-state index in [4.69, 9.17) is 10.8 Å². The van der Waals surface area contributed by atoms with E-state index in [9.17, 15) is 9.18 Å². The summed E-state index contributed by atoms with van der Waals surface area (Å²) in [6, 6.07) is 2.21. The predicted octanol–water partition coefficient (Wildman–Crippen LogP) is 1.71. The molecule has 0 aliphatic carbocycles. The van der Waals surface area contributed by atoms with Crippen molar-refractivity contribution in [3.63, 3.8) is 0 Å². The van der Waals surface area contributed by atoms with Crippen molar-refractivity contribution < 1.29 is 14.3 Å². The number of aromatic carboxylic acids is 1. The Labute approximate surface area is 81.5 Å². The van der Waals surface area contributed by atoms with Crippen LogP contribution in [0.15, 0.2) is 12.1 Å². The van der Waals surface area contributed by atoms with Gasteiger partial charge in [-0.3, -0.25) is 0 Å². The van der Waals surface area contributed by atoms with Crippen LogP contribution in [0.3, 0.4) is 0 Å². The molecular weight excluding hydrogens is 276 g/mol. The molecule has 1 rings (SSSR count). The molecule has 0 amide bonds. The SMILES string of the molecule is Nc1cc(I)c(F)cc1C(=O)O. The van der Waals surface area contributed by atoms with Crippen LogP contribution in [-0.4, -0.2) is 11.1 Å². The number of hydrogen-bond acceptors (Lipinski definition) is 2. The molecule has 0 saturated heterocycles. The first-order valence-electron chi connectivity index (χ1n) is 3.00. The van der Waals surface area contributed by atoms with E-state index < -0.39 is 11.8 Å². The maximum Gasteiger partial charge on any atom is 0.337 e. The van der Waals surface area contributed by atoms with Crippen LogP contribution in [0, 0.1) is 9.39 Å². The van der Waals surface area contributed by atoms with Crippen LogP contribution in [0.1, 0.15) is 10.4 Å². The van der Waals surface area contributed by atoms with E-state index in [1.807, 2.05) is 0 Å². The predicted molar refractivity (Wildman–Crippen MR) is 50.5 cm³/mol. The number of hydrogen-bond donors (Lipinski definition) is 2. The third-order valence-electron chi connectivity index (χ3n) is 1.32. The van der Waals surface area contributed by atoms with E-state index in [2.05, 4.69) is 0 Å². The first-order valence-corrected chi connectivity index (χ1v) is 4.08.